The van der Waals surface area contributed by atoms with Crippen LogP contribution in [-0.4, -0.2) is 0 Å². The fraction of sp³-hybridized carbons (Fsp3) is 0.250. The summed E-state index contributed by atoms with van der Waals surface area (Å²) < 4.78 is 0. The van der Waals surface area contributed by atoms with Gasteiger partial charge in [-0.3, -0.25) is 0 Å². The van der Waals surface area contributed by atoms with Gasteiger partial charge in [0.15, 0.2) is 0 Å². The highest BCUT2D eigenvalue weighted by Crippen LogP contribution is 2.41. The van der Waals surface area contributed by atoms with Gasteiger partial charge < -0.3 is 0 Å². The molecule has 0 aliphatic rings. The molecule has 0 N–H and O–H groups in total. The highest BCUT2D eigenvalue weighted by Gasteiger charge is 2.22. The zero-order valence-corrected chi connectivity index (χ0v) is 15.4. The monoisotopic (exact) mass is 314 g/mol. The normalized spacial score (nSPS) is 11.5. The lowest BCUT2D eigenvalue weighted by Gasteiger charge is -2.26. The first-order valence-corrected chi connectivity index (χ1v) is 8.65. The number of rotatable bonds is 2. The van der Waals surface area contributed by atoms with Gasteiger partial charge in [-0.2, -0.15) is 0 Å². The molecule has 0 spiro atoms. The van der Waals surface area contributed by atoms with Crippen LogP contribution in [0.25, 0.3) is 22.3 Å². The molecule has 0 unspecified atom stereocenters. The Morgan fingerprint density at radius 2 is 1.04 bits per heavy atom. The number of benzene rings is 3. The maximum absolute atomic E-state index is 2.30. The predicted octanol–water partition coefficient (Wildman–Crippen LogP) is 6.93. The first-order chi connectivity index (χ1) is 11.4. The van der Waals surface area contributed by atoms with Crippen molar-refractivity contribution in [3.63, 3.8) is 0 Å². The lowest BCUT2D eigenvalue weighted by molar-refractivity contribution is 0.592. The molecule has 3 rings (SSSR count). The van der Waals surface area contributed by atoms with E-state index in [0.29, 0.717) is 0 Å². The van der Waals surface area contributed by atoms with Crippen LogP contribution >= 0.6 is 0 Å². The Balaban J connectivity index is 2.40. The van der Waals surface area contributed by atoms with Gasteiger partial charge in [0.05, 0.1) is 0 Å². The zero-order valence-electron chi connectivity index (χ0n) is 15.4. The molecule has 0 nitrogen and oxygen atoms in total. The van der Waals surface area contributed by atoms with Gasteiger partial charge in [-0.1, -0.05) is 87.5 Å². The van der Waals surface area contributed by atoms with Crippen molar-refractivity contribution in [2.75, 3.05) is 0 Å². The van der Waals surface area contributed by atoms with Gasteiger partial charge in [0.2, 0.25) is 0 Å². The van der Waals surface area contributed by atoms with Crippen molar-refractivity contribution in [1.29, 1.82) is 0 Å². The second kappa shape index (κ2) is 6.28. The van der Waals surface area contributed by atoms with Crippen LogP contribution in [0.15, 0.2) is 66.7 Å². The average molecular weight is 314 g/mol. The Morgan fingerprint density at radius 1 is 0.542 bits per heavy atom. The zero-order chi connectivity index (χ0) is 17.3. The largest absolute Gasteiger partial charge is 0.0620 e. The van der Waals surface area contributed by atoms with E-state index in [-0.39, 0.29) is 5.41 Å². The van der Waals surface area contributed by atoms with Crippen molar-refractivity contribution in [3.05, 3.63) is 83.4 Å². The van der Waals surface area contributed by atoms with Crippen molar-refractivity contribution in [3.8, 4) is 22.3 Å². The van der Waals surface area contributed by atoms with E-state index in [0.717, 1.165) is 0 Å². The molecular formula is C24H26. The number of aryl methyl sites for hydroxylation is 2. The van der Waals surface area contributed by atoms with Crippen molar-refractivity contribution >= 4 is 0 Å². The molecule has 3 aromatic carbocycles. The van der Waals surface area contributed by atoms with E-state index < -0.39 is 0 Å². The fourth-order valence-electron chi connectivity index (χ4n) is 3.42. The maximum atomic E-state index is 2.30. The van der Waals surface area contributed by atoms with Crippen LogP contribution < -0.4 is 0 Å². The molecule has 0 aromatic heterocycles. The molecule has 3 aromatic rings. The molecule has 24 heavy (non-hydrogen) atoms. The topological polar surface area (TPSA) is 0 Å². The average Bonchev–Trinajstić information content (AvgIpc) is 2.54. The first kappa shape index (κ1) is 16.5. The Bertz CT molecular complexity index is 863. The summed E-state index contributed by atoms with van der Waals surface area (Å²) >= 11 is 0. The third-order valence-electron chi connectivity index (χ3n) is 4.72. The molecule has 0 aliphatic carbocycles. The van der Waals surface area contributed by atoms with Gasteiger partial charge in [0, 0.05) is 0 Å². The van der Waals surface area contributed by atoms with Crippen LogP contribution in [0, 0.1) is 13.8 Å². The van der Waals surface area contributed by atoms with Gasteiger partial charge in [0.25, 0.3) is 0 Å². The molecule has 0 fully saturated rings. The molecule has 0 heterocycles. The van der Waals surface area contributed by atoms with Crippen LogP contribution in [0.5, 0.6) is 0 Å². The summed E-state index contributed by atoms with van der Waals surface area (Å²) in [6, 6.07) is 24.1. The van der Waals surface area contributed by atoms with Crippen molar-refractivity contribution in [2.24, 2.45) is 0 Å². The summed E-state index contributed by atoms with van der Waals surface area (Å²) in [5, 5.41) is 0. The van der Waals surface area contributed by atoms with Gasteiger partial charge in [-0.05, 0) is 58.2 Å². The SMILES string of the molecule is Cc1ccccc1-c1cccc(C(C)(C)C)c1-c1ccccc1C. The van der Waals surface area contributed by atoms with Gasteiger partial charge in [-0.25, -0.2) is 0 Å². The highest BCUT2D eigenvalue weighted by atomic mass is 14.3. The minimum Gasteiger partial charge on any atom is -0.0620 e. The molecule has 0 saturated carbocycles. The molecular weight excluding hydrogens is 288 g/mol. The van der Waals surface area contributed by atoms with E-state index in [2.05, 4.69) is 101 Å². The van der Waals surface area contributed by atoms with Crippen LogP contribution in [0.1, 0.15) is 37.5 Å². The summed E-state index contributed by atoms with van der Waals surface area (Å²) in [5.41, 5.74) is 9.49. The van der Waals surface area contributed by atoms with Crippen molar-refractivity contribution in [1.82, 2.24) is 0 Å². The lowest BCUT2D eigenvalue weighted by Crippen LogP contribution is -2.13. The molecule has 0 radical (unpaired) electrons. The number of hydrogen-bond donors (Lipinski definition) is 0. The Hall–Kier alpha value is -2.34. The second-order valence-electron chi connectivity index (χ2n) is 7.61. The van der Waals surface area contributed by atoms with Crippen LogP contribution in [0.3, 0.4) is 0 Å². The summed E-state index contributed by atoms with van der Waals surface area (Å²) in [5.74, 6) is 0. The Kier molecular flexibility index (Phi) is 4.32. The smallest absolute Gasteiger partial charge is 0.00652 e. The third-order valence-corrected chi connectivity index (χ3v) is 4.72. The minimum absolute atomic E-state index is 0.0936. The summed E-state index contributed by atoms with van der Waals surface area (Å²) in [4.78, 5) is 0. The van der Waals surface area contributed by atoms with Gasteiger partial charge in [0.1, 0.15) is 0 Å². The first-order valence-electron chi connectivity index (χ1n) is 8.65. The third kappa shape index (κ3) is 3.01. The van der Waals surface area contributed by atoms with Gasteiger partial charge in [-0.15, -0.1) is 0 Å². The Morgan fingerprint density at radius 3 is 1.58 bits per heavy atom. The number of hydrogen-bond acceptors (Lipinski definition) is 0. The van der Waals surface area contributed by atoms with Crippen molar-refractivity contribution in [2.45, 2.75) is 40.0 Å². The van der Waals surface area contributed by atoms with E-state index in [1.807, 2.05) is 0 Å². The molecule has 0 amide bonds. The molecule has 0 heteroatoms. The van der Waals surface area contributed by atoms with Crippen LogP contribution in [0.4, 0.5) is 0 Å². The summed E-state index contributed by atoms with van der Waals surface area (Å²) in [6.45, 7) is 11.3. The molecule has 122 valence electrons. The maximum Gasteiger partial charge on any atom is -0.00652 e. The predicted molar refractivity (Wildman–Crippen MR) is 105 cm³/mol. The lowest BCUT2D eigenvalue weighted by atomic mass is 9.77. The van der Waals surface area contributed by atoms with Crippen LogP contribution in [0.2, 0.25) is 0 Å². The van der Waals surface area contributed by atoms with E-state index >= 15 is 0 Å². The quantitative estimate of drug-likeness (QED) is 0.481. The fourth-order valence-corrected chi connectivity index (χ4v) is 3.42. The molecule has 0 bridgehead atoms. The molecule has 0 saturated heterocycles. The van der Waals surface area contributed by atoms with Gasteiger partial charge >= 0.3 is 0 Å². The standard InChI is InChI=1S/C24H26/c1-17-11-6-8-13-19(17)21-15-10-16-22(24(3,4)5)23(21)20-14-9-7-12-18(20)2/h6-16H,1-5H3. The van der Waals surface area contributed by atoms with Crippen molar-refractivity contribution < 1.29 is 0 Å². The van der Waals surface area contributed by atoms with E-state index in [1.165, 1.54) is 38.9 Å². The summed E-state index contributed by atoms with van der Waals surface area (Å²) in [6.07, 6.45) is 0. The van der Waals surface area contributed by atoms with E-state index in [4.69, 9.17) is 0 Å². The molecule has 0 atom stereocenters. The Labute approximate surface area is 146 Å². The molecule has 0 aliphatic heterocycles. The van der Waals surface area contributed by atoms with Crippen LogP contribution in [-0.2, 0) is 5.41 Å². The second-order valence-corrected chi connectivity index (χ2v) is 7.61. The minimum atomic E-state index is 0.0936. The van der Waals surface area contributed by atoms with E-state index in [9.17, 15) is 0 Å². The summed E-state index contributed by atoms with van der Waals surface area (Å²) in [7, 11) is 0. The van der Waals surface area contributed by atoms with E-state index in [1.54, 1.807) is 0 Å². The highest BCUT2D eigenvalue weighted by molar-refractivity contribution is 5.88.